The maximum Gasteiger partial charge on any atom is 0.323 e. The second-order valence-corrected chi connectivity index (χ2v) is 4.89. The normalized spacial score (nSPS) is 15.3. The van der Waals surface area contributed by atoms with Crippen molar-refractivity contribution in [2.45, 2.75) is 12.8 Å². The van der Waals surface area contributed by atoms with E-state index in [1.165, 1.54) is 11.9 Å². The summed E-state index contributed by atoms with van der Waals surface area (Å²) in [6.45, 7) is 0.485. The van der Waals surface area contributed by atoms with E-state index in [2.05, 4.69) is 5.10 Å². The van der Waals surface area contributed by atoms with Crippen LogP contribution in [0.15, 0.2) is 5.10 Å². The summed E-state index contributed by atoms with van der Waals surface area (Å²) >= 11 is 0. The molecule has 0 saturated heterocycles. The summed E-state index contributed by atoms with van der Waals surface area (Å²) < 4.78 is 0. The van der Waals surface area contributed by atoms with Gasteiger partial charge in [-0.3, -0.25) is 14.4 Å². The Balaban J connectivity index is 2.79. The first-order valence-electron chi connectivity index (χ1n) is 6.31. The molecule has 20 heavy (non-hydrogen) atoms. The van der Waals surface area contributed by atoms with Gasteiger partial charge < -0.3 is 14.9 Å². The molecule has 0 unspecified atom stereocenters. The predicted octanol–water partition coefficient (Wildman–Crippen LogP) is -0.931. The Hall–Kier alpha value is -1.96. The summed E-state index contributed by atoms with van der Waals surface area (Å²) in [6.07, 6.45) is 0.468. The molecule has 0 bridgehead atoms. The van der Waals surface area contributed by atoms with Crippen molar-refractivity contribution in [3.63, 3.8) is 0 Å². The Kier molecular flexibility index (Phi) is 5.63. The standard InChI is InChI=1S/C12H20N4O4/c1-14(2)6-7-16(8-11(18)19)12(20)9-4-5-10(17)15(3)13-9/h4-8H2,1-3H3,(H,18,19). The third-order valence-electron chi connectivity index (χ3n) is 2.88. The number of hydrogen-bond donors (Lipinski definition) is 1. The van der Waals surface area contributed by atoms with E-state index in [-0.39, 0.29) is 31.0 Å². The molecular weight excluding hydrogens is 264 g/mol. The fourth-order valence-electron chi connectivity index (χ4n) is 1.74. The summed E-state index contributed by atoms with van der Waals surface area (Å²) in [5.41, 5.74) is 0.229. The molecule has 0 fully saturated rings. The Labute approximate surface area is 117 Å². The van der Waals surface area contributed by atoms with E-state index < -0.39 is 11.9 Å². The van der Waals surface area contributed by atoms with Crippen molar-refractivity contribution in [1.82, 2.24) is 14.8 Å². The molecule has 112 valence electrons. The Morgan fingerprint density at radius 2 is 1.95 bits per heavy atom. The van der Waals surface area contributed by atoms with Gasteiger partial charge in [0.2, 0.25) is 5.91 Å². The molecule has 0 aliphatic carbocycles. The van der Waals surface area contributed by atoms with Gasteiger partial charge in [-0.1, -0.05) is 0 Å². The number of carbonyl (C=O) groups is 3. The number of rotatable bonds is 6. The first-order valence-corrected chi connectivity index (χ1v) is 6.31. The highest BCUT2D eigenvalue weighted by molar-refractivity contribution is 6.39. The van der Waals surface area contributed by atoms with E-state index in [4.69, 9.17) is 5.11 Å². The molecule has 8 nitrogen and oxygen atoms in total. The van der Waals surface area contributed by atoms with Gasteiger partial charge in [0, 0.05) is 33.0 Å². The van der Waals surface area contributed by atoms with E-state index in [0.29, 0.717) is 13.1 Å². The number of hydrazone groups is 1. The van der Waals surface area contributed by atoms with Crippen LogP contribution in [0.3, 0.4) is 0 Å². The van der Waals surface area contributed by atoms with Crippen molar-refractivity contribution in [3.8, 4) is 0 Å². The van der Waals surface area contributed by atoms with Gasteiger partial charge in [-0.25, -0.2) is 5.01 Å². The molecule has 0 saturated carbocycles. The number of hydrogen-bond acceptors (Lipinski definition) is 5. The van der Waals surface area contributed by atoms with Crippen LogP contribution in [0.2, 0.25) is 0 Å². The zero-order chi connectivity index (χ0) is 15.3. The molecule has 1 rings (SSSR count). The zero-order valence-corrected chi connectivity index (χ0v) is 12.0. The van der Waals surface area contributed by atoms with E-state index in [0.717, 1.165) is 5.01 Å². The van der Waals surface area contributed by atoms with Gasteiger partial charge in [0.25, 0.3) is 5.91 Å². The molecule has 1 N–H and O–H groups in total. The topological polar surface area (TPSA) is 93.5 Å². The van der Waals surface area contributed by atoms with E-state index in [1.807, 2.05) is 19.0 Å². The predicted molar refractivity (Wildman–Crippen MR) is 72.2 cm³/mol. The van der Waals surface area contributed by atoms with Crippen LogP contribution in [0.25, 0.3) is 0 Å². The zero-order valence-electron chi connectivity index (χ0n) is 12.0. The van der Waals surface area contributed by atoms with Crippen molar-refractivity contribution >= 4 is 23.5 Å². The van der Waals surface area contributed by atoms with Gasteiger partial charge in [0.1, 0.15) is 12.3 Å². The fourth-order valence-corrected chi connectivity index (χ4v) is 1.74. The Bertz CT molecular complexity index is 433. The SMILES string of the molecule is CN(C)CCN(CC(=O)O)C(=O)C1=NN(C)C(=O)CC1. The van der Waals surface area contributed by atoms with Gasteiger partial charge in [0.05, 0.1) is 0 Å². The molecule has 0 radical (unpaired) electrons. The molecule has 1 aliphatic heterocycles. The summed E-state index contributed by atoms with van der Waals surface area (Å²) in [6, 6.07) is 0. The second-order valence-electron chi connectivity index (χ2n) is 4.89. The lowest BCUT2D eigenvalue weighted by atomic mass is 10.1. The number of carboxylic acid groups (broad SMARTS) is 1. The number of carbonyl (C=O) groups excluding carboxylic acids is 2. The number of carboxylic acids is 1. The number of aliphatic carboxylic acids is 1. The first-order chi connectivity index (χ1) is 9.31. The molecule has 1 heterocycles. The van der Waals surface area contributed by atoms with Gasteiger partial charge >= 0.3 is 5.97 Å². The molecular formula is C12H20N4O4. The molecule has 0 atom stereocenters. The van der Waals surface area contributed by atoms with Crippen molar-refractivity contribution in [3.05, 3.63) is 0 Å². The molecule has 0 aromatic carbocycles. The highest BCUT2D eigenvalue weighted by Crippen LogP contribution is 2.09. The lowest BCUT2D eigenvalue weighted by Gasteiger charge is -2.25. The third-order valence-corrected chi connectivity index (χ3v) is 2.88. The Morgan fingerprint density at radius 1 is 1.30 bits per heavy atom. The van der Waals surface area contributed by atoms with Gasteiger partial charge in [-0.2, -0.15) is 5.10 Å². The molecule has 1 aliphatic rings. The van der Waals surface area contributed by atoms with Crippen LogP contribution in [0.4, 0.5) is 0 Å². The van der Waals surface area contributed by atoms with Crippen LogP contribution in [-0.4, -0.2) is 84.2 Å². The molecule has 2 amide bonds. The highest BCUT2D eigenvalue weighted by Gasteiger charge is 2.26. The lowest BCUT2D eigenvalue weighted by molar-refractivity contribution is -0.142. The lowest BCUT2D eigenvalue weighted by Crippen LogP contribution is -2.45. The van der Waals surface area contributed by atoms with Crippen LogP contribution in [0.1, 0.15) is 12.8 Å². The number of nitrogens with zero attached hydrogens (tertiary/aromatic N) is 4. The van der Waals surface area contributed by atoms with Crippen molar-refractivity contribution < 1.29 is 19.5 Å². The minimum absolute atomic E-state index is 0.153. The number of likely N-dealkylation sites (N-methyl/N-ethyl adjacent to an activating group) is 1. The minimum Gasteiger partial charge on any atom is -0.480 e. The summed E-state index contributed by atoms with van der Waals surface area (Å²) in [5, 5.41) is 13.9. The highest BCUT2D eigenvalue weighted by atomic mass is 16.4. The van der Waals surface area contributed by atoms with Crippen LogP contribution < -0.4 is 0 Å². The van der Waals surface area contributed by atoms with Crippen LogP contribution >= 0.6 is 0 Å². The quantitative estimate of drug-likeness (QED) is 0.680. The third kappa shape index (κ3) is 4.61. The van der Waals surface area contributed by atoms with Crippen LogP contribution in [0, 0.1) is 0 Å². The van der Waals surface area contributed by atoms with Gasteiger partial charge in [-0.15, -0.1) is 0 Å². The Morgan fingerprint density at radius 3 is 2.45 bits per heavy atom. The summed E-state index contributed by atoms with van der Waals surface area (Å²) in [5.74, 6) is -1.65. The van der Waals surface area contributed by atoms with E-state index in [1.54, 1.807) is 0 Å². The second kappa shape index (κ2) is 6.99. The first kappa shape index (κ1) is 16.1. The van der Waals surface area contributed by atoms with Crippen molar-refractivity contribution in [2.24, 2.45) is 5.10 Å². The number of amides is 2. The summed E-state index contributed by atoms with van der Waals surface area (Å²) in [7, 11) is 5.16. The van der Waals surface area contributed by atoms with Crippen molar-refractivity contribution in [2.75, 3.05) is 40.8 Å². The van der Waals surface area contributed by atoms with Gasteiger partial charge in [-0.05, 0) is 14.1 Å². The maximum atomic E-state index is 12.3. The van der Waals surface area contributed by atoms with Crippen LogP contribution in [0.5, 0.6) is 0 Å². The minimum atomic E-state index is -1.07. The van der Waals surface area contributed by atoms with Crippen LogP contribution in [-0.2, 0) is 14.4 Å². The largest absolute Gasteiger partial charge is 0.480 e. The monoisotopic (exact) mass is 284 g/mol. The molecule has 8 heteroatoms. The summed E-state index contributed by atoms with van der Waals surface area (Å²) in [4.78, 5) is 37.5. The molecule has 0 spiro atoms. The van der Waals surface area contributed by atoms with E-state index in [9.17, 15) is 14.4 Å². The van der Waals surface area contributed by atoms with E-state index >= 15 is 0 Å². The fraction of sp³-hybridized carbons (Fsp3) is 0.667. The average Bonchev–Trinajstić information content (AvgIpc) is 2.36. The average molecular weight is 284 g/mol. The molecule has 0 aromatic heterocycles. The maximum absolute atomic E-state index is 12.3. The molecule has 0 aromatic rings. The smallest absolute Gasteiger partial charge is 0.323 e. The van der Waals surface area contributed by atoms with Gasteiger partial charge in [0.15, 0.2) is 0 Å². The van der Waals surface area contributed by atoms with Crippen molar-refractivity contribution in [1.29, 1.82) is 0 Å².